The number of hydrogen-bond donors (Lipinski definition) is 0. The van der Waals surface area contributed by atoms with Gasteiger partial charge in [0, 0.05) is 25.5 Å². The second kappa shape index (κ2) is 7.59. The molecule has 0 atom stereocenters. The minimum atomic E-state index is -0.440. The Hall–Kier alpha value is -3.38. The maximum absolute atomic E-state index is 7.57. The summed E-state index contributed by atoms with van der Waals surface area (Å²) in [5.41, 5.74) is 5.68. The predicted octanol–water partition coefficient (Wildman–Crippen LogP) is 7.34. The van der Waals surface area contributed by atoms with E-state index in [1.165, 1.54) is 38.5 Å². The van der Waals surface area contributed by atoms with Crippen molar-refractivity contribution in [2.24, 2.45) is 13.0 Å². The van der Waals surface area contributed by atoms with E-state index in [4.69, 9.17) is 11.3 Å². The molecule has 166 valence electrons. The highest BCUT2D eigenvalue weighted by Gasteiger charge is 2.34. The summed E-state index contributed by atoms with van der Waals surface area (Å²) < 4.78 is 9.06. The summed E-state index contributed by atoms with van der Waals surface area (Å²) in [5, 5.41) is 4.91. The number of fused-ring (bicyclic) bond motifs is 3. The van der Waals surface area contributed by atoms with Gasteiger partial charge < -0.3 is 9.58 Å². The average Bonchev–Trinajstić information content (AvgIpc) is 2.77. The lowest BCUT2D eigenvalue weighted by atomic mass is 9.85. The van der Waals surface area contributed by atoms with Crippen LogP contribution in [0.2, 0.25) is 0 Å². The van der Waals surface area contributed by atoms with E-state index in [0.717, 1.165) is 28.9 Å². The Bertz CT molecular complexity index is 1470. The Morgan fingerprint density at radius 1 is 1.09 bits per heavy atom. The SMILES string of the molecule is [C-]#[N+]C(C)(C)Cc1cc2c3c([n+](C)ccc3c1)-c1c(c(CC(C)C)c3ccccc3c1C)O2. The second-order valence-corrected chi connectivity index (χ2v) is 10.5. The third-order valence-corrected chi connectivity index (χ3v) is 6.79. The van der Waals surface area contributed by atoms with E-state index < -0.39 is 5.54 Å². The Balaban J connectivity index is 1.87. The summed E-state index contributed by atoms with van der Waals surface area (Å²) in [4.78, 5) is 3.83. The van der Waals surface area contributed by atoms with Gasteiger partial charge in [0.25, 0.3) is 0 Å². The van der Waals surface area contributed by atoms with E-state index in [2.05, 4.69) is 85.9 Å². The maximum Gasteiger partial charge on any atom is 0.231 e. The predicted molar refractivity (Wildman–Crippen MR) is 136 cm³/mol. The molecule has 0 amide bonds. The highest BCUT2D eigenvalue weighted by atomic mass is 16.5. The number of aryl methyl sites for hydroxylation is 2. The molecule has 1 aliphatic rings. The van der Waals surface area contributed by atoms with Crippen molar-refractivity contribution in [3.63, 3.8) is 0 Å². The lowest BCUT2D eigenvalue weighted by Gasteiger charge is -2.26. The fourth-order valence-electron chi connectivity index (χ4n) is 5.32. The molecule has 33 heavy (non-hydrogen) atoms. The molecule has 2 heterocycles. The molecule has 0 saturated carbocycles. The van der Waals surface area contributed by atoms with Gasteiger partial charge in [-0.1, -0.05) is 44.2 Å². The fourth-order valence-corrected chi connectivity index (χ4v) is 5.32. The molecule has 0 bridgehead atoms. The maximum atomic E-state index is 7.57. The number of ether oxygens (including phenoxy) is 1. The van der Waals surface area contributed by atoms with Crippen molar-refractivity contribution >= 4 is 21.5 Å². The normalized spacial score (nSPS) is 12.7. The summed E-state index contributed by atoms with van der Waals surface area (Å²) >= 11 is 0. The zero-order valence-corrected chi connectivity index (χ0v) is 20.4. The van der Waals surface area contributed by atoms with Crippen LogP contribution in [-0.2, 0) is 19.9 Å². The lowest BCUT2D eigenvalue weighted by molar-refractivity contribution is -0.659. The van der Waals surface area contributed by atoms with Gasteiger partial charge in [-0.25, -0.2) is 11.1 Å². The van der Waals surface area contributed by atoms with Crippen molar-refractivity contribution in [2.45, 2.75) is 53.0 Å². The van der Waals surface area contributed by atoms with Crippen molar-refractivity contribution in [3.8, 4) is 22.8 Å². The molecule has 3 heteroatoms. The first-order chi connectivity index (χ1) is 15.7. The molecular formula is C30H31N2O+. The summed E-state index contributed by atoms with van der Waals surface area (Å²) in [6.45, 7) is 18.3. The summed E-state index contributed by atoms with van der Waals surface area (Å²) in [7, 11) is 2.13. The van der Waals surface area contributed by atoms with Crippen LogP contribution >= 0.6 is 0 Å². The van der Waals surface area contributed by atoms with Crippen molar-refractivity contribution in [2.75, 3.05) is 0 Å². The molecule has 1 aromatic heterocycles. The van der Waals surface area contributed by atoms with Gasteiger partial charge in [-0.3, -0.25) is 0 Å². The first-order valence-corrected chi connectivity index (χ1v) is 11.8. The summed E-state index contributed by atoms with van der Waals surface area (Å²) in [6, 6.07) is 15.3. The van der Waals surface area contributed by atoms with Crippen LogP contribution in [0.1, 0.15) is 44.4 Å². The zero-order valence-electron chi connectivity index (χ0n) is 20.4. The summed E-state index contributed by atoms with van der Waals surface area (Å²) in [6.07, 6.45) is 3.81. The molecule has 4 aromatic rings. The number of rotatable bonds is 4. The molecule has 0 radical (unpaired) electrons. The number of aromatic nitrogens is 1. The van der Waals surface area contributed by atoms with Crippen molar-refractivity contribution < 1.29 is 9.30 Å². The number of pyridine rings is 1. The number of benzene rings is 3. The third-order valence-electron chi connectivity index (χ3n) is 6.79. The lowest BCUT2D eigenvalue weighted by Crippen LogP contribution is -2.32. The van der Waals surface area contributed by atoms with Gasteiger partial charge in [-0.05, 0) is 52.6 Å². The smallest absolute Gasteiger partial charge is 0.231 e. The first kappa shape index (κ1) is 21.5. The van der Waals surface area contributed by atoms with Crippen LogP contribution in [-0.4, -0.2) is 5.54 Å². The molecule has 0 fully saturated rings. The van der Waals surface area contributed by atoms with Gasteiger partial charge in [0.05, 0.1) is 17.4 Å². The van der Waals surface area contributed by atoms with Crippen molar-refractivity contribution in [1.82, 2.24) is 0 Å². The monoisotopic (exact) mass is 435 g/mol. The molecular weight excluding hydrogens is 404 g/mol. The Morgan fingerprint density at radius 2 is 1.82 bits per heavy atom. The number of hydrogen-bond acceptors (Lipinski definition) is 1. The van der Waals surface area contributed by atoms with Gasteiger partial charge in [-0.15, -0.1) is 0 Å². The molecule has 3 aromatic carbocycles. The van der Waals surface area contributed by atoms with Gasteiger partial charge >= 0.3 is 0 Å². The van der Waals surface area contributed by atoms with E-state index in [9.17, 15) is 0 Å². The third kappa shape index (κ3) is 3.45. The highest BCUT2D eigenvalue weighted by Crippen LogP contribution is 2.51. The Kier molecular flexibility index (Phi) is 4.94. The zero-order chi connectivity index (χ0) is 23.5. The minimum absolute atomic E-state index is 0.440. The molecule has 5 rings (SSSR count). The highest BCUT2D eigenvalue weighted by molar-refractivity contribution is 6.06. The van der Waals surface area contributed by atoms with Crippen LogP contribution in [0.3, 0.4) is 0 Å². The first-order valence-electron chi connectivity index (χ1n) is 11.8. The van der Waals surface area contributed by atoms with E-state index in [1.807, 2.05) is 13.8 Å². The molecule has 0 saturated heterocycles. The van der Waals surface area contributed by atoms with E-state index >= 15 is 0 Å². The standard InChI is InChI=1S/C30H31N2O/c1-18(2)14-24-23-11-9-8-10-22(23)19(3)26-28-27-21(12-13-32(28)7)15-20(17-30(4,5)31-6)16-25(27)33-29(24)26/h8-13,15-16,18H,14,17H2,1-5,7H3/q+1. The van der Waals surface area contributed by atoms with Crippen molar-refractivity contribution in [3.05, 3.63) is 76.8 Å². The van der Waals surface area contributed by atoms with Gasteiger partial charge in [0.2, 0.25) is 11.2 Å². The van der Waals surface area contributed by atoms with Crippen molar-refractivity contribution in [1.29, 1.82) is 0 Å². The topological polar surface area (TPSA) is 17.5 Å². The number of nitrogens with zero attached hydrogens (tertiary/aromatic N) is 2. The molecule has 0 unspecified atom stereocenters. The van der Waals surface area contributed by atoms with Crippen LogP contribution in [0.25, 0.3) is 37.6 Å². The van der Waals surface area contributed by atoms with Crippen LogP contribution < -0.4 is 9.30 Å². The minimum Gasteiger partial charge on any atom is -0.455 e. The molecule has 1 aliphatic heterocycles. The molecule has 3 nitrogen and oxygen atoms in total. The van der Waals surface area contributed by atoms with E-state index in [0.29, 0.717) is 12.3 Å². The van der Waals surface area contributed by atoms with Crippen LogP contribution in [0.4, 0.5) is 0 Å². The molecule has 0 spiro atoms. The Morgan fingerprint density at radius 3 is 2.52 bits per heavy atom. The summed E-state index contributed by atoms with van der Waals surface area (Å²) in [5.74, 6) is 2.42. The quantitative estimate of drug-likeness (QED) is 0.213. The largest absolute Gasteiger partial charge is 0.455 e. The average molecular weight is 436 g/mol. The molecule has 0 N–H and O–H groups in total. The van der Waals surface area contributed by atoms with E-state index in [1.54, 1.807) is 0 Å². The van der Waals surface area contributed by atoms with Gasteiger partial charge in [-0.2, -0.15) is 0 Å². The van der Waals surface area contributed by atoms with E-state index in [-0.39, 0.29) is 0 Å². The fraction of sp³-hybridized carbons (Fsp3) is 0.333. The van der Waals surface area contributed by atoms with Gasteiger partial charge in [0.15, 0.2) is 6.20 Å². The van der Waals surface area contributed by atoms with Crippen LogP contribution in [0, 0.1) is 19.4 Å². The van der Waals surface area contributed by atoms with Crippen LogP contribution in [0.15, 0.2) is 48.7 Å². The molecule has 0 aliphatic carbocycles. The van der Waals surface area contributed by atoms with Crippen LogP contribution in [0.5, 0.6) is 11.5 Å². The van der Waals surface area contributed by atoms with Gasteiger partial charge in [0.1, 0.15) is 18.5 Å². The second-order valence-electron chi connectivity index (χ2n) is 10.5. The Labute approximate surface area is 196 Å².